The number of hydrogen-bond acceptors (Lipinski definition) is 1. The van der Waals surface area contributed by atoms with Crippen LogP contribution in [0, 0.1) is 12.1 Å². The van der Waals surface area contributed by atoms with Gasteiger partial charge in [-0.25, -0.2) is 0 Å². The van der Waals surface area contributed by atoms with E-state index in [2.05, 4.69) is 12.1 Å². The Morgan fingerprint density at radius 1 is 0.550 bits per heavy atom. The van der Waals surface area contributed by atoms with Gasteiger partial charge in [-0.15, -0.1) is 0 Å². The predicted molar refractivity (Wildman–Crippen MR) is 84.4 cm³/mol. The van der Waals surface area contributed by atoms with E-state index >= 15 is 0 Å². The number of phenolic OH excluding ortho intramolecular Hbond substituents is 1. The fraction of sp³-hybridized carbons (Fsp3) is 0. The van der Waals surface area contributed by atoms with Gasteiger partial charge in [0, 0.05) is 0 Å². The third kappa shape index (κ3) is 11.3. The molecule has 3 aromatic carbocycles. The van der Waals surface area contributed by atoms with Crippen molar-refractivity contribution in [3.8, 4) is 5.75 Å². The first-order valence-corrected chi connectivity index (χ1v) is 5.96. The van der Waals surface area contributed by atoms with E-state index in [4.69, 9.17) is 5.11 Å². The summed E-state index contributed by atoms with van der Waals surface area (Å²) in [7, 11) is 0. The van der Waals surface area contributed by atoms with Gasteiger partial charge in [-0.2, -0.15) is 72.8 Å². The monoisotopic (exact) mass is 272 g/mol. The third-order valence-electron chi connectivity index (χ3n) is 1.97. The molecule has 0 radical (unpaired) electrons. The molecule has 0 spiro atoms. The number of benzene rings is 3. The first-order chi connectivity index (χ1) is 9.39. The van der Waals surface area contributed by atoms with E-state index in [0.29, 0.717) is 5.75 Å². The van der Waals surface area contributed by atoms with E-state index in [1.165, 1.54) is 0 Å². The van der Waals surface area contributed by atoms with Gasteiger partial charge in [0.1, 0.15) is 5.75 Å². The first kappa shape index (κ1) is 18.2. The summed E-state index contributed by atoms with van der Waals surface area (Å²) in [4.78, 5) is 0. The molecule has 20 heavy (non-hydrogen) atoms. The van der Waals surface area contributed by atoms with Crippen LogP contribution in [0.4, 0.5) is 0 Å². The second-order valence-corrected chi connectivity index (χ2v) is 3.49. The number of rotatable bonds is 0. The molecule has 96 valence electrons. The average Bonchev–Trinajstić information content (AvgIpc) is 2.53. The van der Waals surface area contributed by atoms with Crippen molar-refractivity contribution < 1.29 is 5.11 Å². The number of hydrogen-bond donors (Lipinski definition) is 1. The Bertz CT molecular complexity index is 413. The molecule has 1 nitrogen and oxygen atoms in total. The third-order valence-corrected chi connectivity index (χ3v) is 1.97. The summed E-state index contributed by atoms with van der Waals surface area (Å²) < 4.78 is 0. The molecule has 3 aromatic rings. The quantitative estimate of drug-likeness (QED) is 0.485. The van der Waals surface area contributed by atoms with Crippen LogP contribution in [0.15, 0.2) is 91.0 Å². The zero-order valence-corrected chi connectivity index (χ0v) is 12.7. The molecule has 0 heterocycles. The van der Waals surface area contributed by atoms with Crippen molar-refractivity contribution in [1.82, 2.24) is 0 Å². The summed E-state index contributed by atoms with van der Waals surface area (Å²) >= 11 is 0. The Balaban J connectivity index is 0.000000265. The van der Waals surface area contributed by atoms with Crippen molar-refractivity contribution in [2.24, 2.45) is 0 Å². The maximum Gasteiger partial charge on any atom is 2.00 e. The van der Waals surface area contributed by atoms with Crippen LogP contribution in [-0.4, -0.2) is 28.2 Å². The van der Waals surface area contributed by atoms with E-state index in [1.807, 2.05) is 66.7 Å². The Labute approximate surface area is 137 Å². The van der Waals surface area contributed by atoms with Gasteiger partial charge < -0.3 is 5.11 Å². The van der Waals surface area contributed by atoms with Crippen molar-refractivity contribution >= 4 is 23.1 Å². The Morgan fingerprint density at radius 3 is 1.05 bits per heavy atom. The largest absolute Gasteiger partial charge is 2.00 e. The Morgan fingerprint density at radius 2 is 0.900 bits per heavy atom. The zero-order valence-electron chi connectivity index (χ0n) is 11.3. The minimum Gasteiger partial charge on any atom is -0.508 e. The molecule has 0 fully saturated rings. The molecule has 0 aromatic heterocycles. The van der Waals surface area contributed by atoms with Crippen LogP contribution in [0.1, 0.15) is 0 Å². The van der Waals surface area contributed by atoms with Gasteiger partial charge in [-0.05, 0) is 12.1 Å². The molecule has 2 heteroatoms. The molecular formula is C18H16MgO. The van der Waals surface area contributed by atoms with E-state index < -0.39 is 0 Å². The van der Waals surface area contributed by atoms with Gasteiger partial charge in [0.05, 0.1) is 0 Å². The maximum absolute atomic E-state index is 8.63. The standard InChI is InChI=1S/C6H6O.2C6H5.Mg/c7-6-4-2-1-3-5-6;2*1-2-4-6-5-3-1;/h1-5,7H;2*1-5H;/q;2*-1;+2. The molecule has 0 saturated heterocycles. The summed E-state index contributed by atoms with van der Waals surface area (Å²) in [6, 6.07) is 33.7. The van der Waals surface area contributed by atoms with Crippen molar-refractivity contribution in [2.45, 2.75) is 0 Å². The van der Waals surface area contributed by atoms with Gasteiger partial charge in [-0.3, -0.25) is 0 Å². The summed E-state index contributed by atoms with van der Waals surface area (Å²) in [5.41, 5.74) is 0. The van der Waals surface area contributed by atoms with Crippen LogP contribution in [-0.2, 0) is 0 Å². The van der Waals surface area contributed by atoms with E-state index in [0.717, 1.165) is 0 Å². The molecule has 0 unspecified atom stereocenters. The number of phenols is 1. The zero-order chi connectivity index (χ0) is 13.6. The van der Waals surface area contributed by atoms with Crippen LogP contribution >= 0.6 is 0 Å². The topological polar surface area (TPSA) is 20.2 Å². The molecule has 0 aliphatic carbocycles. The number of aromatic hydroxyl groups is 1. The molecule has 1 N–H and O–H groups in total. The second-order valence-electron chi connectivity index (χ2n) is 3.49. The Kier molecular flexibility index (Phi) is 12.4. The van der Waals surface area contributed by atoms with Gasteiger partial charge in [-0.1, -0.05) is 18.2 Å². The summed E-state index contributed by atoms with van der Waals surface area (Å²) in [6.07, 6.45) is 0. The normalized spacial score (nSPS) is 7.80. The Hall–Kier alpha value is -1.77. The molecule has 0 saturated carbocycles. The van der Waals surface area contributed by atoms with E-state index in [1.54, 1.807) is 24.3 Å². The molecule has 0 amide bonds. The van der Waals surface area contributed by atoms with Gasteiger partial charge in [0.25, 0.3) is 0 Å². The van der Waals surface area contributed by atoms with Crippen molar-refractivity contribution in [3.05, 3.63) is 103 Å². The fourth-order valence-electron chi connectivity index (χ4n) is 1.11. The van der Waals surface area contributed by atoms with E-state index in [9.17, 15) is 0 Å². The molecule has 0 atom stereocenters. The predicted octanol–water partition coefficient (Wildman–Crippen LogP) is 3.98. The van der Waals surface area contributed by atoms with Gasteiger partial charge >= 0.3 is 23.1 Å². The van der Waals surface area contributed by atoms with Crippen LogP contribution in [0.3, 0.4) is 0 Å². The average molecular weight is 273 g/mol. The van der Waals surface area contributed by atoms with Crippen molar-refractivity contribution in [2.75, 3.05) is 0 Å². The molecule has 0 bridgehead atoms. The van der Waals surface area contributed by atoms with Crippen LogP contribution in [0.5, 0.6) is 5.75 Å². The molecule has 3 rings (SSSR count). The second kappa shape index (κ2) is 13.7. The van der Waals surface area contributed by atoms with E-state index in [-0.39, 0.29) is 23.1 Å². The maximum atomic E-state index is 8.63. The smallest absolute Gasteiger partial charge is 0.508 e. The molecule has 0 aliphatic heterocycles. The molecule has 0 aliphatic rings. The molecular weight excluding hydrogens is 257 g/mol. The summed E-state index contributed by atoms with van der Waals surface area (Å²) in [5, 5.41) is 8.63. The van der Waals surface area contributed by atoms with Gasteiger partial charge in [0.2, 0.25) is 0 Å². The number of para-hydroxylation sites is 1. The minimum absolute atomic E-state index is 0. The summed E-state index contributed by atoms with van der Waals surface area (Å²) in [6.45, 7) is 0. The van der Waals surface area contributed by atoms with Crippen LogP contribution in [0.2, 0.25) is 0 Å². The van der Waals surface area contributed by atoms with Crippen molar-refractivity contribution in [3.63, 3.8) is 0 Å². The first-order valence-electron chi connectivity index (χ1n) is 5.96. The SMILES string of the molecule is Oc1ccccc1.[Mg+2].[c-]1ccccc1.[c-]1ccccc1. The van der Waals surface area contributed by atoms with Gasteiger partial charge in [0.15, 0.2) is 0 Å². The van der Waals surface area contributed by atoms with Crippen LogP contribution < -0.4 is 0 Å². The van der Waals surface area contributed by atoms with Crippen molar-refractivity contribution in [1.29, 1.82) is 0 Å². The van der Waals surface area contributed by atoms with Crippen LogP contribution in [0.25, 0.3) is 0 Å². The minimum atomic E-state index is 0. The summed E-state index contributed by atoms with van der Waals surface area (Å²) in [5.74, 6) is 0.322. The fourth-order valence-corrected chi connectivity index (χ4v) is 1.11.